The summed E-state index contributed by atoms with van der Waals surface area (Å²) in [5.74, 6) is -0.699. The average Bonchev–Trinajstić information content (AvgIpc) is 2.61. The number of hydrogen-bond acceptors (Lipinski definition) is 3. The third kappa shape index (κ3) is 5.54. The molecule has 2 aromatic rings. The van der Waals surface area contributed by atoms with Gasteiger partial charge in [-0.25, -0.2) is 0 Å². The molecule has 0 aliphatic heterocycles. The first-order valence-electron chi connectivity index (χ1n) is 8.21. The van der Waals surface area contributed by atoms with Gasteiger partial charge in [0, 0.05) is 12.1 Å². The predicted octanol–water partition coefficient (Wildman–Crippen LogP) is 3.75. The second-order valence-corrected chi connectivity index (χ2v) is 5.66. The quantitative estimate of drug-likeness (QED) is 0.789. The highest BCUT2D eigenvalue weighted by Crippen LogP contribution is 2.11. The van der Waals surface area contributed by atoms with Gasteiger partial charge in [-0.3, -0.25) is 9.59 Å². The van der Waals surface area contributed by atoms with Gasteiger partial charge >= 0.3 is 5.97 Å². The van der Waals surface area contributed by atoms with Crippen LogP contribution in [-0.2, 0) is 27.2 Å². The number of hydrogen-bond donors (Lipinski definition) is 1. The van der Waals surface area contributed by atoms with Crippen LogP contribution in [0.3, 0.4) is 0 Å². The number of amides is 1. The molecule has 4 heteroatoms. The first kappa shape index (κ1) is 17.7. The highest BCUT2D eigenvalue weighted by Gasteiger charge is 2.17. The van der Waals surface area contributed by atoms with Crippen molar-refractivity contribution in [2.24, 2.45) is 0 Å². The summed E-state index contributed by atoms with van der Waals surface area (Å²) in [6.07, 6.45) is 0.988. The molecule has 0 aliphatic rings. The molecule has 2 aromatic carbocycles. The van der Waals surface area contributed by atoms with E-state index in [-0.39, 0.29) is 18.3 Å². The predicted molar refractivity (Wildman–Crippen MR) is 94.8 cm³/mol. The Morgan fingerprint density at radius 2 is 1.67 bits per heavy atom. The first-order chi connectivity index (χ1) is 11.6. The van der Waals surface area contributed by atoms with E-state index in [4.69, 9.17) is 4.74 Å². The molecular formula is C20H23NO3. The molecular weight excluding hydrogens is 302 g/mol. The van der Waals surface area contributed by atoms with Crippen LogP contribution in [0.4, 0.5) is 5.69 Å². The highest BCUT2D eigenvalue weighted by molar-refractivity contribution is 5.95. The summed E-state index contributed by atoms with van der Waals surface area (Å²) >= 11 is 0. The van der Waals surface area contributed by atoms with Crippen molar-refractivity contribution >= 4 is 17.6 Å². The van der Waals surface area contributed by atoms with Gasteiger partial charge in [-0.15, -0.1) is 0 Å². The van der Waals surface area contributed by atoms with Crippen molar-refractivity contribution in [1.29, 1.82) is 0 Å². The Bertz CT molecular complexity index is 665. The normalized spacial score (nSPS) is 11.6. The van der Waals surface area contributed by atoms with Gasteiger partial charge in [-0.2, -0.15) is 0 Å². The van der Waals surface area contributed by atoms with Crippen molar-refractivity contribution < 1.29 is 14.3 Å². The summed E-state index contributed by atoms with van der Waals surface area (Å²) in [5.41, 5.74) is 2.97. The highest BCUT2D eigenvalue weighted by atomic mass is 16.5. The molecule has 126 valence electrons. The summed E-state index contributed by atoms with van der Waals surface area (Å²) in [6.45, 7) is 3.65. The SMILES string of the molecule is CCc1ccc(NC(=O)[C@H](C)OC(=O)CCc2ccccc2)cc1. The van der Waals surface area contributed by atoms with Gasteiger partial charge in [0.25, 0.3) is 5.91 Å². The number of esters is 1. The van der Waals surface area contributed by atoms with Crippen LogP contribution in [0.25, 0.3) is 0 Å². The summed E-state index contributed by atoms with van der Waals surface area (Å²) in [7, 11) is 0. The van der Waals surface area contributed by atoms with Gasteiger partial charge in [0.2, 0.25) is 0 Å². The lowest BCUT2D eigenvalue weighted by Gasteiger charge is -2.14. The zero-order chi connectivity index (χ0) is 17.4. The van der Waals surface area contributed by atoms with Crippen LogP contribution in [0.5, 0.6) is 0 Å². The van der Waals surface area contributed by atoms with Gasteiger partial charge in [0.1, 0.15) is 0 Å². The maximum Gasteiger partial charge on any atom is 0.306 e. The minimum Gasteiger partial charge on any atom is -0.453 e. The Morgan fingerprint density at radius 3 is 2.29 bits per heavy atom. The van der Waals surface area contributed by atoms with E-state index in [1.54, 1.807) is 6.92 Å². The van der Waals surface area contributed by atoms with E-state index in [1.165, 1.54) is 5.56 Å². The van der Waals surface area contributed by atoms with Crippen LogP contribution < -0.4 is 5.32 Å². The average molecular weight is 325 g/mol. The number of carbonyl (C=O) groups is 2. The van der Waals surface area contributed by atoms with E-state index in [0.717, 1.165) is 12.0 Å². The molecule has 1 amide bonds. The lowest BCUT2D eigenvalue weighted by atomic mass is 10.1. The number of carbonyl (C=O) groups excluding carboxylic acids is 2. The van der Waals surface area contributed by atoms with Crippen LogP contribution in [0, 0.1) is 0 Å². The van der Waals surface area contributed by atoms with Gasteiger partial charge in [0.05, 0.1) is 0 Å². The standard InChI is InChI=1S/C20H23NO3/c1-3-16-9-12-18(13-10-16)21-20(23)15(2)24-19(22)14-11-17-7-5-4-6-8-17/h4-10,12-13,15H,3,11,14H2,1-2H3,(H,21,23)/t15-/m0/s1. The molecule has 0 aromatic heterocycles. The van der Waals surface area contributed by atoms with Crippen LogP contribution in [0.2, 0.25) is 0 Å². The summed E-state index contributed by atoms with van der Waals surface area (Å²) in [6, 6.07) is 17.3. The van der Waals surface area contributed by atoms with E-state index < -0.39 is 6.10 Å². The molecule has 24 heavy (non-hydrogen) atoms. The molecule has 0 radical (unpaired) electrons. The third-order valence-corrected chi connectivity index (χ3v) is 3.77. The molecule has 0 unspecified atom stereocenters. The number of rotatable bonds is 7. The molecule has 0 fully saturated rings. The molecule has 1 atom stereocenters. The molecule has 0 saturated heterocycles. The molecule has 0 spiro atoms. The summed E-state index contributed by atoms with van der Waals surface area (Å²) in [5, 5.41) is 2.76. The molecule has 4 nitrogen and oxygen atoms in total. The topological polar surface area (TPSA) is 55.4 Å². The van der Waals surface area contributed by atoms with Crippen molar-refractivity contribution in [2.75, 3.05) is 5.32 Å². The second-order valence-electron chi connectivity index (χ2n) is 5.66. The Hall–Kier alpha value is -2.62. The largest absolute Gasteiger partial charge is 0.453 e. The lowest BCUT2D eigenvalue weighted by molar-refractivity contribution is -0.153. The van der Waals surface area contributed by atoms with Crippen molar-refractivity contribution in [3.8, 4) is 0 Å². The molecule has 1 N–H and O–H groups in total. The van der Waals surface area contributed by atoms with E-state index in [0.29, 0.717) is 12.1 Å². The molecule has 0 aliphatic carbocycles. The van der Waals surface area contributed by atoms with Crippen molar-refractivity contribution in [2.45, 2.75) is 39.2 Å². The fourth-order valence-corrected chi connectivity index (χ4v) is 2.27. The van der Waals surface area contributed by atoms with Crippen LogP contribution in [-0.4, -0.2) is 18.0 Å². The first-order valence-corrected chi connectivity index (χ1v) is 8.21. The van der Waals surface area contributed by atoms with E-state index in [9.17, 15) is 9.59 Å². The summed E-state index contributed by atoms with van der Waals surface area (Å²) in [4.78, 5) is 24.0. The number of nitrogens with one attached hydrogen (secondary N) is 1. The maximum absolute atomic E-state index is 12.1. The van der Waals surface area contributed by atoms with Crippen LogP contribution in [0.1, 0.15) is 31.4 Å². The van der Waals surface area contributed by atoms with Gasteiger partial charge in [0.15, 0.2) is 6.10 Å². The third-order valence-electron chi connectivity index (χ3n) is 3.77. The number of ether oxygens (including phenoxy) is 1. The second kappa shape index (κ2) is 8.87. The number of benzene rings is 2. The monoisotopic (exact) mass is 325 g/mol. The Morgan fingerprint density at radius 1 is 1.00 bits per heavy atom. The minimum atomic E-state index is -0.820. The molecule has 2 rings (SSSR count). The Balaban J connectivity index is 1.78. The zero-order valence-corrected chi connectivity index (χ0v) is 14.1. The molecule has 0 bridgehead atoms. The van der Waals surface area contributed by atoms with Crippen molar-refractivity contribution in [3.63, 3.8) is 0 Å². The van der Waals surface area contributed by atoms with Crippen LogP contribution in [0.15, 0.2) is 54.6 Å². The van der Waals surface area contributed by atoms with Gasteiger partial charge < -0.3 is 10.1 Å². The minimum absolute atomic E-state index is 0.257. The Labute approximate surface area is 142 Å². The molecule has 0 saturated carbocycles. The van der Waals surface area contributed by atoms with E-state index >= 15 is 0 Å². The smallest absolute Gasteiger partial charge is 0.306 e. The number of aryl methyl sites for hydroxylation is 2. The van der Waals surface area contributed by atoms with Crippen LogP contribution >= 0.6 is 0 Å². The van der Waals surface area contributed by atoms with E-state index in [2.05, 4.69) is 12.2 Å². The van der Waals surface area contributed by atoms with Gasteiger partial charge in [-0.1, -0.05) is 49.4 Å². The Kier molecular flexibility index (Phi) is 6.55. The van der Waals surface area contributed by atoms with Crippen molar-refractivity contribution in [3.05, 3.63) is 65.7 Å². The molecule has 0 heterocycles. The fourth-order valence-electron chi connectivity index (χ4n) is 2.27. The summed E-state index contributed by atoms with van der Waals surface area (Å²) < 4.78 is 5.20. The fraction of sp³-hybridized carbons (Fsp3) is 0.300. The van der Waals surface area contributed by atoms with Gasteiger partial charge in [-0.05, 0) is 43.0 Å². The van der Waals surface area contributed by atoms with Crippen molar-refractivity contribution in [1.82, 2.24) is 0 Å². The maximum atomic E-state index is 12.1. The lowest BCUT2D eigenvalue weighted by Crippen LogP contribution is -2.30. The zero-order valence-electron chi connectivity index (χ0n) is 14.1. The number of anilines is 1. The van der Waals surface area contributed by atoms with E-state index in [1.807, 2.05) is 54.6 Å².